The summed E-state index contributed by atoms with van der Waals surface area (Å²) in [7, 11) is 0. The number of hydrogen-bond acceptors (Lipinski definition) is 4. The zero-order chi connectivity index (χ0) is 15.4. The average Bonchev–Trinajstić information content (AvgIpc) is 2.59. The van der Waals surface area contributed by atoms with Crippen molar-refractivity contribution in [2.75, 3.05) is 32.7 Å². The van der Waals surface area contributed by atoms with Crippen molar-refractivity contribution in [3.63, 3.8) is 0 Å². The van der Waals surface area contributed by atoms with E-state index in [1.165, 1.54) is 6.42 Å². The van der Waals surface area contributed by atoms with E-state index in [1.807, 2.05) is 17.0 Å². The predicted octanol–water partition coefficient (Wildman–Crippen LogP) is 1.38. The third-order valence-electron chi connectivity index (χ3n) is 4.95. The Balaban J connectivity index is 1.52. The SMILES string of the molecule is O=C(CN1CCC(O)(c2cccnc2)CC1)N1CCCCC1. The van der Waals surface area contributed by atoms with Crippen molar-refractivity contribution >= 4 is 5.91 Å². The first-order valence-corrected chi connectivity index (χ1v) is 8.30. The van der Waals surface area contributed by atoms with Crippen molar-refractivity contribution in [2.24, 2.45) is 0 Å². The summed E-state index contributed by atoms with van der Waals surface area (Å²) < 4.78 is 0. The van der Waals surface area contributed by atoms with Crippen molar-refractivity contribution < 1.29 is 9.90 Å². The minimum Gasteiger partial charge on any atom is -0.385 e. The maximum Gasteiger partial charge on any atom is 0.236 e. The van der Waals surface area contributed by atoms with Gasteiger partial charge in [0.15, 0.2) is 0 Å². The summed E-state index contributed by atoms with van der Waals surface area (Å²) in [5.74, 6) is 0.242. The molecule has 2 saturated heterocycles. The number of rotatable bonds is 3. The normalized spacial score (nSPS) is 22.5. The number of hydrogen-bond donors (Lipinski definition) is 1. The monoisotopic (exact) mass is 303 g/mol. The zero-order valence-electron chi connectivity index (χ0n) is 13.1. The molecule has 0 aliphatic carbocycles. The van der Waals surface area contributed by atoms with E-state index in [-0.39, 0.29) is 5.91 Å². The summed E-state index contributed by atoms with van der Waals surface area (Å²) in [6.07, 6.45) is 8.29. The number of carbonyl (C=O) groups is 1. The number of aliphatic hydroxyl groups is 1. The number of piperidine rings is 2. The van der Waals surface area contributed by atoms with E-state index >= 15 is 0 Å². The van der Waals surface area contributed by atoms with Crippen LogP contribution in [0.15, 0.2) is 24.5 Å². The molecule has 1 amide bonds. The van der Waals surface area contributed by atoms with E-state index in [1.54, 1.807) is 12.4 Å². The molecule has 1 aromatic heterocycles. The highest BCUT2D eigenvalue weighted by atomic mass is 16.3. The van der Waals surface area contributed by atoms with Gasteiger partial charge in [-0.05, 0) is 38.2 Å². The average molecular weight is 303 g/mol. The van der Waals surface area contributed by atoms with Gasteiger partial charge in [-0.2, -0.15) is 0 Å². The van der Waals surface area contributed by atoms with Crippen LogP contribution in [0.25, 0.3) is 0 Å². The molecule has 2 aliphatic heterocycles. The van der Waals surface area contributed by atoms with E-state index in [2.05, 4.69) is 9.88 Å². The van der Waals surface area contributed by atoms with Crippen molar-refractivity contribution in [2.45, 2.75) is 37.7 Å². The molecule has 0 atom stereocenters. The van der Waals surface area contributed by atoms with E-state index in [0.717, 1.165) is 44.6 Å². The molecule has 0 bridgehead atoms. The third-order valence-corrected chi connectivity index (χ3v) is 4.95. The van der Waals surface area contributed by atoms with Crippen LogP contribution in [0.3, 0.4) is 0 Å². The smallest absolute Gasteiger partial charge is 0.236 e. The minimum absolute atomic E-state index is 0.242. The number of pyridine rings is 1. The second kappa shape index (κ2) is 6.75. The molecule has 0 aromatic carbocycles. The molecule has 0 spiro atoms. The fourth-order valence-corrected chi connectivity index (χ4v) is 3.44. The Hall–Kier alpha value is -1.46. The van der Waals surface area contributed by atoms with E-state index in [9.17, 15) is 9.90 Å². The van der Waals surface area contributed by atoms with Gasteiger partial charge in [0.05, 0.1) is 12.1 Å². The summed E-state index contributed by atoms with van der Waals surface area (Å²) in [6.45, 7) is 3.82. The molecule has 5 heteroatoms. The molecule has 5 nitrogen and oxygen atoms in total. The van der Waals surface area contributed by atoms with Crippen molar-refractivity contribution in [1.82, 2.24) is 14.8 Å². The number of aromatic nitrogens is 1. The fraction of sp³-hybridized carbons (Fsp3) is 0.647. The summed E-state index contributed by atoms with van der Waals surface area (Å²) in [5, 5.41) is 10.8. The van der Waals surface area contributed by atoms with E-state index < -0.39 is 5.60 Å². The van der Waals surface area contributed by atoms with Gasteiger partial charge in [0.1, 0.15) is 0 Å². The molecule has 22 heavy (non-hydrogen) atoms. The van der Waals surface area contributed by atoms with Gasteiger partial charge in [-0.15, -0.1) is 0 Å². The van der Waals surface area contributed by atoms with E-state index in [0.29, 0.717) is 19.4 Å². The maximum atomic E-state index is 12.3. The molecule has 0 saturated carbocycles. The Kier molecular flexibility index (Phi) is 4.74. The van der Waals surface area contributed by atoms with Crippen molar-refractivity contribution in [1.29, 1.82) is 0 Å². The molecule has 1 aromatic rings. The Morgan fingerprint density at radius 3 is 2.55 bits per heavy atom. The van der Waals surface area contributed by atoms with Gasteiger partial charge in [-0.1, -0.05) is 6.07 Å². The topological polar surface area (TPSA) is 56.7 Å². The molecular formula is C17H25N3O2. The Labute approximate surface area is 131 Å². The van der Waals surface area contributed by atoms with Crippen LogP contribution in [-0.2, 0) is 10.4 Å². The highest BCUT2D eigenvalue weighted by Crippen LogP contribution is 2.32. The van der Waals surface area contributed by atoms with Crippen LogP contribution < -0.4 is 0 Å². The fourth-order valence-electron chi connectivity index (χ4n) is 3.44. The number of nitrogens with zero attached hydrogens (tertiary/aromatic N) is 3. The molecule has 1 N–H and O–H groups in total. The van der Waals surface area contributed by atoms with Gasteiger partial charge in [0, 0.05) is 44.1 Å². The van der Waals surface area contributed by atoms with Gasteiger partial charge >= 0.3 is 0 Å². The summed E-state index contributed by atoms with van der Waals surface area (Å²) in [6, 6.07) is 3.79. The van der Waals surface area contributed by atoms with Gasteiger partial charge in [0.25, 0.3) is 0 Å². The van der Waals surface area contributed by atoms with Crippen molar-refractivity contribution in [3.05, 3.63) is 30.1 Å². The first-order chi connectivity index (χ1) is 10.7. The molecule has 0 unspecified atom stereocenters. The summed E-state index contributed by atoms with van der Waals surface area (Å²) in [5.41, 5.74) is 0.0934. The van der Waals surface area contributed by atoms with Crippen LogP contribution >= 0.6 is 0 Å². The largest absolute Gasteiger partial charge is 0.385 e. The standard InChI is InChI=1S/C17H25N3O2/c21-16(20-9-2-1-3-10-20)14-19-11-6-17(22,7-12-19)15-5-4-8-18-13-15/h4-5,8,13,22H,1-3,6-7,9-12,14H2. The lowest BCUT2D eigenvalue weighted by Crippen LogP contribution is -2.48. The second-order valence-corrected chi connectivity index (χ2v) is 6.49. The van der Waals surface area contributed by atoms with Gasteiger partial charge < -0.3 is 10.0 Å². The lowest BCUT2D eigenvalue weighted by atomic mass is 9.85. The maximum absolute atomic E-state index is 12.3. The third kappa shape index (κ3) is 3.47. The van der Waals surface area contributed by atoms with Gasteiger partial charge in [-0.3, -0.25) is 14.7 Å². The highest BCUT2D eigenvalue weighted by molar-refractivity contribution is 5.78. The zero-order valence-corrected chi connectivity index (χ0v) is 13.1. The lowest BCUT2D eigenvalue weighted by molar-refractivity contribution is -0.134. The Bertz CT molecular complexity index is 492. The summed E-state index contributed by atoms with van der Waals surface area (Å²) >= 11 is 0. The van der Waals surface area contributed by atoms with Crippen LogP contribution in [0.4, 0.5) is 0 Å². The van der Waals surface area contributed by atoms with Crippen LogP contribution in [0.2, 0.25) is 0 Å². The molecule has 3 heterocycles. The minimum atomic E-state index is -0.793. The Morgan fingerprint density at radius 2 is 1.91 bits per heavy atom. The van der Waals surface area contributed by atoms with Crippen LogP contribution in [0, 0.1) is 0 Å². The van der Waals surface area contributed by atoms with Crippen molar-refractivity contribution in [3.8, 4) is 0 Å². The molecule has 120 valence electrons. The highest BCUT2D eigenvalue weighted by Gasteiger charge is 2.34. The number of carbonyl (C=O) groups excluding carboxylic acids is 1. The first-order valence-electron chi connectivity index (χ1n) is 8.30. The summed E-state index contributed by atoms with van der Waals surface area (Å²) in [4.78, 5) is 20.6. The van der Waals surface area contributed by atoms with Crippen LogP contribution in [0.1, 0.15) is 37.7 Å². The number of amides is 1. The molecule has 2 fully saturated rings. The molecule has 3 rings (SSSR count). The van der Waals surface area contributed by atoms with Gasteiger partial charge in [-0.25, -0.2) is 0 Å². The van der Waals surface area contributed by atoms with E-state index in [4.69, 9.17) is 0 Å². The quantitative estimate of drug-likeness (QED) is 0.916. The lowest BCUT2D eigenvalue weighted by Gasteiger charge is -2.39. The Morgan fingerprint density at radius 1 is 1.18 bits per heavy atom. The number of likely N-dealkylation sites (tertiary alicyclic amines) is 2. The molecular weight excluding hydrogens is 278 g/mol. The second-order valence-electron chi connectivity index (χ2n) is 6.49. The molecule has 0 radical (unpaired) electrons. The van der Waals surface area contributed by atoms with Gasteiger partial charge in [0.2, 0.25) is 5.91 Å². The first kappa shape index (κ1) is 15.4. The van der Waals surface area contributed by atoms with Crippen LogP contribution in [-0.4, -0.2) is 58.5 Å². The predicted molar refractivity (Wildman–Crippen MR) is 84.2 cm³/mol. The van der Waals surface area contributed by atoms with Crippen LogP contribution in [0.5, 0.6) is 0 Å². The molecule has 2 aliphatic rings.